The Balaban J connectivity index is 1.97. The standard InChI is InChI=1S/C20H24N2O5/c1-12-6-5-7-13(2)18(12)22-20(25)19(24)21-11-15(23)14-8-9-16(26-3)17(10-14)27-4/h5-10,15,23H,11H2,1-4H3,(H,21,24)(H,22,25). The van der Waals surface area contributed by atoms with Crippen LogP contribution in [0.1, 0.15) is 22.8 Å². The van der Waals surface area contributed by atoms with Gasteiger partial charge in [0, 0.05) is 12.2 Å². The first kappa shape index (κ1) is 20.3. The molecule has 0 heterocycles. The van der Waals surface area contributed by atoms with Crippen molar-refractivity contribution in [1.82, 2.24) is 5.32 Å². The fraction of sp³-hybridized carbons (Fsp3) is 0.300. The highest BCUT2D eigenvalue weighted by atomic mass is 16.5. The summed E-state index contributed by atoms with van der Waals surface area (Å²) in [6, 6.07) is 10.5. The summed E-state index contributed by atoms with van der Waals surface area (Å²) in [5, 5.41) is 15.3. The SMILES string of the molecule is COc1ccc(C(O)CNC(=O)C(=O)Nc2c(C)cccc2C)cc1OC. The molecule has 1 unspecified atom stereocenters. The van der Waals surface area contributed by atoms with Gasteiger partial charge in [-0.25, -0.2) is 0 Å². The molecule has 0 radical (unpaired) electrons. The molecule has 0 saturated carbocycles. The molecule has 0 aliphatic rings. The number of rotatable bonds is 6. The van der Waals surface area contributed by atoms with Gasteiger partial charge in [0.25, 0.3) is 0 Å². The van der Waals surface area contributed by atoms with E-state index in [1.807, 2.05) is 32.0 Å². The third kappa shape index (κ3) is 4.98. The van der Waals surface area contributed by atoms with Crippen LogP contribution in [0.5, 0.6) is 11.5 Å². The van der Waals surface area contributed by atoms with Crippen molar-refractivity contribution in [2.45, 2.75) is 20.0 Å². The van der Waals surface area contributed by atoms with Crippen molar-refractivity contribution in [1.29, 1.82) is 0 Å². The first-order valence-electron chi connectivity index (χ1n) is 8.42. The van der Waals surface area contributed by atoms with E-state index in [-0.39, 0.29) is 6.54 Å². The fourth-order valence-corrected chi connectivity index (χ4v) is 2.63. The van der Waals surface area contributed by atoms with E-state index in [2.05, 4.69) is 10.6 Å². The number of aliphatic hydroxyl groups excluding tert-OH is 1. The molecule has 27 heavy (non-hydrogen) atoms. The summed E-state index contributed by atoms with van der Waals surface area (Å²) >= 11 is 0. The Hall–Kier alpha value is -3.06. The van der Waals surface area contributed by atoms with Gasteiger partial charge >= 0.3 is 11.8 Å². The molecular weight excluding hydrogens is 348 g/mol. The van der Waals surface area contributed by atoms with Gasteiger partial charge in [-0.2, -0.15) is 0 Å². The normalized spacial score (nSPS) is 11.4. The Kier molecular flexibility index (Phi) is 6.79. The highest BCUT2D eigenvalue weighted by Crippen LogP contribution is 2.29. The molecule has 2 amide bonds. The summed E-state index contributed by atoms with van der Waals surface area (Å²) in [5.74, 6) is -0.609. The van der Waals surface area contributed by atoms with Crippen LogP contribution in [0.3, 0.4) is 0 Å². The zero-order valence-corrected chi connectivity index (χ0v) is 15.8. The molecule has 0 fully saturated rings. The lowest BCUT2D eigenvalue weighted by Gasteiger charge is -2.15. The van der Waals surface area contributed by atoms with Crippen LogP contribution in [0, 0.1) is 13.8 Å². The highest BCUT2D eigenvalue weighted by molar-refractivity contribution is 6.39. The number of nitrogens with one attached hydrogen (secondary N) is 2. The number of para-hydroxylation sites is 1. The molecule has 0 bridgehead atoms. The second-order valence-electron chi connectivity index (χ2n) is 6.06. The lowest BCUT2D eigenvalue weighted by atomic mass is 10.1. The lowest BCUT2D eigenvalue weighted by molar-refractivity contribution is -0.136. The summed E-state index contributed by atoms with van der Waals surface area (Å²) in [5.41, 5.74) is 2.87. The number of aryl methyl sites for hydroxylation is 2. The number of ether oxygens (including phenoxy) is 2. The first-order chi connectivity index (χ1) is 12.9. The fourth-order valence-electron chi connectivity index (χ4n) is 2.63. The molecule has 1 atom stereocenters. The molecule has 0 aromatic heterocycles. The summed E-state index contributed by atoms with van der Waals surface area (Å²) in [4.78, 5) is 24.2. The average Bonchev–Trinajstić information content (AvgIpc) is 2.67. The minimum absolute atomic E-state index is 0.117. The number of anilines is 1. The summed E-state index contributed by atoms with van der Waals surface area (Å²) in [6.45, 7) is 3.58. The van der Waals surface area contributed by atoms with Gasteiger partial charge in [0.05, 0.1) is 20.3 Å². The smallest absolute Gasteiger partial charge is 0.313 e. The number of benzene rings is 2. The van der Waals surface area contributed by atoms with Gasteiger partial charge in [-0.1, -0.05) is 24.3 Å². The molecule has 0 saturated heterocycles. The van der Waals surface area contributed by atoms with Crippen molar-refractivity contribution in [3.05, 3.63) is 53.1 Å². The quantitative estimate of drug-likeness (QED) is 0.675. The average molecular weight is 372 g/mol. The number of aliphatic hydroxyl groups is 1. The number of hydrogen-bond donors (Lipinski definition) is 3. The highest BCUT2D eigenvalue weighted by Gasteiger charge is 2.18. The third-order valence-electron chi connectivity index (χ3n) is 4.17. The number of amides is 2. The molecule has 0 spiro atoms. The lowest BCUT2D eigenvalue weighted by Crippen LogP contribution is -2.37. The summed E-state index contributed by atoms with van der Waals surface area (Å²) in [6.07, 6.45) is -0.998. The topological polar surface area (TPSA) is 96.9 Å². The molecule has 144 valence electrons. The van der Waals surface area contributed by atoms with Crippen molar-refractivity contribution in [2.75, 3.05) is 26.1 Å². The van der Waals surface area contributed by atoms with Gasteiger partial charge in [0.15, 0.2) is 11.5 Å². The molecule has 0 aliphatic heterocycles. The van der Waals surface area contributed by atoms with E-state index in [0.29, 0.717) is 22.7 Å². The summed E-state index contributed by atoms with van der Waals surface area (Å²) < 4.78 is 10.3. The van der Waals surface area contributed by atoms with Crippen LogP contribution in [0.15, 0.2) is 36.4 Å². The Bertz CT molecular complexity index is 815. The van der Waals surface area contributed by atoms with Crippen LogP contribution in [-0.4, -0.2) is 37.7 Å². The summed E-state index contributed by atoms with van der Waals surface area (Å²) in [7, 11) is 3.01. The third-order valence-corrected chi connectivity index (χ3v) is 4.17. The van der Waals surface area contributed by atoms with Crippen LogP contribution in [0.4, 0.5) is 5.69 Å². The van der Waals surface area contributed by atoms with Crippen LogP contribution in [0.25, 0.3) is 0 Å². The molecule has 2 rings (SSSR count). The van der Waals surface area contributed by atoms with Crippen LogP contribution in [-0.2, 0) is 9.59 Å². The second-order valence-corrected chi connectivity index (χ2v) is 6.06. The minimum atomic E-state index is -0.998. The van der Waals surface area contributed by atoms with E-state index < -0.39 is 17.9 Å². The zero-order chi connectivity index (χ0) is 20.0. The molecule has 7 nitrogen and oxygen atoms in total. The Morgan fingerprint density at radius 2 is 1.63 bits per heavy atom. The van der Waals surface area contributed by atoms with Gasteiger partial charge in [0.2, 0.25) is 0 Å². The molecular formula is C20H24N2O5. The zero-order valence-electron chi connectivity index (χ0n) is 15.8. The number of carbonyl (C=O) groups is 2. The van der Waals surface area contributed by atoms with Crippen molar-refractivity contribution < 1.29 is 24.2 Å². The van der Waals surface area contributed by atoms with Gasteiger partial charge in [-0.15, -0.1) is 0 Å². The van der Waals surface area contributed by atoms with Crippen LogP contribution >= 0.6 is 0 Å². The van der Waals surface area contributed by atoms with Gasteiger partial charge in [0.1, 0.15) is 0 Å². The van der Waals surface area contributed by atoms with Crippen molar-refractivity contribution in [2.24, 2.45) is 0 Å². The minimum Gasteiger partial charge on any atom is -0.493 e. The number of methoxy groups -OCH3 is 2. The maximum absolute atomic E-state index is 12.1. The maximum atomic E-state index is 12.1. The van der Waals surface area contributed by atoms with Crippen LogP contribution < -0.4 is 20.1 Å². The van der Waals surface area contributed by atoms with Crippen molar-refractivity contribution in [3.8, 4) is 11.5 Å². The molecule has 7 heteroatoms. The molecule has 0 aliphatic carbocycles. The number of carbonyl (C=O) groups excluding carboxylic acids is 2. The first-order valence-corrected chi connectivity index (χ1v) is 8.42. The largest absolute Gasteiger partial charge is 0.493 e. The van der Waals surface area contributed by atoms with Gasteiger partial charge < -0.3 is 25.2 Å². The van der Waals surface area contributed by atoms with E-state index in [0.717, 1.165) is 11.1 Å². The van der Waals surface area contributed by atoms with E-state index >= 15 is 0 Å². The van der Waals surface area contributed by atoms with E-state index in [9.17, 15) is 14.7 Å². The van der Waals surface area contributed by atoms with Crippen LogP contribution in [0.2, 0.25) is 0 Å². The van der Waals surface area contributed by atoms with E-state index in [4.69, 9.17) is 9.47 Å². The molecule has 3 N–H and O–H groups in total. The van der Waals surface area contributed by atoms with Crippen molar-refractivity contribution >= 4 is 17.5 Å². The predicted octanol–water partition coefficient (Wildman–Crippen LogP) is 2.11. The monoisotopic (exact) mass is 372 g/mol. The van der Waals surface area contributed by atoms with E-state index in [1.165, 1.54) is 14.2 Å². The molecule has 2 aromatic rings. The maximum Gasteiger partial charge on any atom is 0.313 e. The van der Waals surface area contributed by atoms with Crippen molar-refractivity contribution in [3.63, 3.8) is 0 Å². The van der Waals surface area contributed by atoms with E-state index in [1.54, 1.807) is 18.2 Å². The Morgan fingerprint density at radius 1 is 1.00 bits per heavy atom. The Labute approximate surface area is 158 Å². The predicted molar refractivity (Wildman–Crippen MR) is 102 cm³/mol. The van der Waals surface area contributed by atoms with Gasteiger partial charge in [-0.05, 0) is 42.7 Å². The second kappa shape index (κ2) is 9.05. The molecule has 2 aromatic carbocycles. The Morgan fingerprint density at radius 3 is 2.22 bits per heavy atom. The number of hydrogen-bond acceptors (Lipinski definition) is 5. The van der Waals surface area contributed by atoms with Gasteiger partial charge in [-0.3, -0.25) is 9.59 Å².